The van der Waals surface area contributed by atoms with Gasteiger partial charge in [0.2, 0.25) is 0 Å². The molecule has 4 rings (SSSR count). The zero-order valence-electron chi connectivity index (χ0n) is 10.8. The van der Waals surface area contributed by atoms with Gasteiger partial charge in [-0.15, -0.1) is 0 Å². The Morgan fingerprint density at radius 2 is 1.42 bits per heavy atom. The van der Waals surface area contributed by atoms with E-state index in [0.717, 1.165) is 13.1 Å². The van der Waals surface area contributed by atoms with Crippen molar-refractivity contribution in [2.75, 3.05) is 13.1 Å². The predicted molar refractivity (Wildman–Crippen MR) is 77.3 cm³/mol. The normalized spacial score (nSPS) is 28.7. The van der Waals surface area contributed by atoms with Crippen molar-refractivity contribution in [1.82, 2.24) is 10.6 Å². The van der Waals surface area contributed by atoms with Gasteiger partial charge in [-0.25, -0.2) is 0 Å². The molecule has 2 heteroatoms. The second-order valence-electron chi connectivity index (χ2n) is 5.43. The fraction of sp³-hybridized carbons (Fsp3) is 0.294. The van der Waals surface area contributed by atoms with Gasteiger partial charge in [-0.3, -0.25) is 0 Å². The van der Waals surface area contributed by atoms with E-state index in [1.54, 1.807) is 0 Å². The maximum atomic E-state index is 3.71. The lowest BCUT2D eigenvalue weighted by atomic mass is 9.89. The fourth-order valence-corrected chi connectivity index (χ4v) is 3.64. The summed E-state index contributed by atoms with van der Waals surface area (Å²) in [5, 5.41) is 7.39. The Morgan fingerprint density at radius 1 is 0.737 bits per heavy atom. The number of nitrogens with one attached hydrogen (secondary N) is 2. The molecule has 0 spiro atoms. The van der Waals surface area contributed by atoms with Crippen LogP contribution in [0.4, 0.5) is 0 Å². The first-order valence-electron chi connectivity index (χ1n) is 7.06. The lowest BCUT2D eigenvalue weighted by Gasteiger charge is -2.32. The molecule has 0 aromatic heterocycles. The van der Waals surface area contributed by atoms with Gasteiger partial charge in [-0.1, -0.05) is 54.6 Å². The van der Waals surface area contributed by atoms with Crippen molar-refractivity contribution >= 4 is 0 Å². The molecule has 1 aliphatic carbocycles. The molecule has 19 heavy (non-hydrogen) atoms. The molecule has 2 nitrogen and oxygen atoms in total. The van der Waals surface area contributed by atoms with E-state index < -0.39 is 0 Å². The number of fused-ring (bicyclic) bond motifs is 3. The van der Waals surface area contributed by atoms with Crippen LogP contribution in [0.25, 0.3) is 0 Å². The Labute approximate surface area is 113 Å². The molecule has 2 N–H and O–H groups in total. The molecule has 1 aliphatic heterocycles. The summed E-state index contributed by atoms with van der Waals surface area (Å²) in [6.07, 6.45) is 0. The van der Waals surface area contributed by atoms with Gasteiger partial charge in [-0.05, 0) is 16.7 Å². The zero-order valence-corrected chi connectivity index (χ0v) is 10.8. The molecule has 2 aromatic rings. The first-order valence-corrected chi connectivity index (χ1v) is 7.06. The monoisotopic (exact) mass is 250 g/mol. The Balaban J connectivity index is 1.85. The number of benzene rings is 2. The van der Waals surface area contributed by atoms with Crippen LogP contribution in [-0.2, 0) is 0 Å². The van der Waals surface area contributed by atoms with E-state index in [0.29, 0.717) is 18.0 Å². The average molecular weight is 250 g/mol. The molecule has 1 fully saturated rings. The summed E-state index contributed by atoms with van der Waals surface area (Å²) < 4.78 is 0. The second-order valence-corrected chi connectivity index (χ2v) is 5.43. The fourth-order valence-electron chi connectivity index (χ4n) is 3.64. The van der Waals surface area contributed by atoms with Crippen LogP contribution in [0.3, 0.4) is 0 Å². The molecular formula is C17H18N2. The summed E-state index contributed by atoms with van der Waals surface area (Å²) in [7, 11) is 0. The van der Waals surface area contributed by atoms with Gasteiger partial charge in [0, 0.05) is 31.1 Å². The maximum Gasteiger partial charge on any atom is 0.0488 e. The van der Waals surface area contributed by atoms with E-state index in [-0.39, 0.29) is 0 Å². The Kier molecular flexibility index (Phi) is 2.64. The van der Waals surface area contributed by atoms with Gasteiger partial charge in [0.25, 0.3) is 0 Å². The third-order valence-electron chi connectivity index (χ3n) is 4.41. The molecule has 96 valence electrons. The van der Waals surface area contributed by atoms with Crippen molar-refractivity contribution in [1.29, 1.82) is 0 Å². The lowest BCUT2D eigenvalue weighted by Crippen LogP contribution is -2.50. The second kappa shape index (κ2) is 4.48. The summed E-state index contributed by atoms with van der Waals surface area (Å²) >= 11 is 0. The van der Waals surface area contributed by atoms with Crippen molar-refractivity contribution < 1.29 is 0 Å². The SMILES string of the molecule is c1ccc(C2c3ccccc3C3NCCNC32)cc1. The van der Waals surface area contributed by atoms with E-state index in [1.165, 1.54) is 16.7 Å². The smallest absolute Gasteiger partial charge is 0.0488 e. The lowest BCUT2D eigenvalue weighted by molar-refractivity contribution is 0.330. The molecule has 1 saturated heterocycles. The summed E-state index contributed by atoms with van der Waals surface area (Å²) in [5.74, 6) is 0.468. The first-order chi connectivity index (χ1) is 9.45. The van der Waals surface area contributed by atoms with Gasteiger partial charge >= 0.3 is 0 Å². The van der Waals surface area contributed by atoms with Crippen molar-refractivity contribution in [2.45, 2.75) is 18.0 Å². The first kappa shape index (κ1) is 11.2. The number of piperazine rings is 1. The van der Waals surface area contributed by atoms with E-state index in [2.05, 4.69) is 65.2 Å². The molecule has 2 aromatic carbocycles. The van der Waals surface area contributed by atoms with Gasteiger partial charge in [0.05, 0.1) is 0 Å². The van der Waals surface area contributed by atoms with Crippen LogP contribution in [-0.4, -0.2) is 19.1 Å². The zero-order chi connectivity index (χ0) is 12.7. The van der Waals surface area contributed by atoms with Gasteiger partial charge in [0.15, 0.2) is 0 Å². The molecule has 2 aliphatic rings. The van der Waals surface area contributed by atoms with Crippen LogP contribution in [0.15, 0.2) is 54.6 Å². The minimum absolute atomic E-state index is 0.454. The molecule has 0 saturated carbocycles. The minimum Gasteiger partial charge on any atom is -0.310 e. The highest BCUT2D eigenvalue weighted by molar-refractivity contribution is 5.47. The Bertz CT molecular complexity index is 579. The van der Waals surface area contributed by atoms with Gasteiger partial charge in [-0.2, -0.15) is 0 Å². The number of hydrogen-bond acceptors (Lipinski definition) is 2. The van der Waals surface area contributed by atoms with Crippen LogP contribution < -0.4 is 10.6 Å². The molecule has 0 amide bonds. The van der Waals surface area contributed by atoms with Crippen LogP contribution in [0.1, 0.15) is 28.7 Å². The highest BCUT2D eigenvalue weighted by Gasteiger charge is 2.41. The minimum atomic E-state index is 0.454. The Morgan fingerprint density at radius 3 is 2.26 bits per heavy atom. The van der Waals surface area contributed by atoms with Crippen LogP contribution >= 0.6 is 0 Å². The molecule has 3 unspecified atom stereocenters. The standard InChI is InChI=1S/C17H18N2/c1-2-6-12(7-3-1)15-13-8-4-5-9-14(13)16-17(15)19-11-10-18-16/h1-9,15-19H,10-11H2. The average Bonchev–Trinajstić information content (AvgIpc) is 2.83. The summed E-state index contributed by atoms with van der Waals surface area (Å²) in [4.78, 5) is 0. The third-order valence-corrected chi connectivity index (χ3v) is 4.41. The topological polar surface area (TPSA) is 24.1 Å². The van der Waals surface area contributed by atoms with Crippen molar-refractivity contribution in [3.63, 3.8) is 0 Å². The van der Waals surface area contributed by atoms with Crippen LogP contribution in [0, 0.1) is 0 Å². The molecule has 0 radical (unpaired) electrons. The van der Waals surface area contributed by atoms with Crippen molar-refractivity contribution in [2.24, 2.45) is 0 Å². The molecule has 0 bridgehead atoms. The number of hydrogen-bond donors (Lipinski definition) is 2. The molecule has 1 heterocycles. The summed E-state index contributed by atoms with van der Waals surface area (Å²) in [6.45, 7) is 2.11. The largest absolute Gasteiger partial charge is 0.310 e. The highest BCUT2D eigenvalue weighted by atomic mass is 15.1. The van der Waals surface area contributed by atoms with Crippen molar-refractivity contribution in [3.05, 3.63) is 71.3 Å². The van der Waals surface area contributed by atoms with E-state index in [1.807, 2.05) is 0 Å². The highest BCUT2D eigenvalue weighted by Crippen LogP contribution is 2.44. The van der Waals surface area contributed by atoms with Gasteiger partial charge < -0.3 is 10.6 Å². The van der Waals surface area contributed by atoms with Crippen molar-refractivity contribution in [3.8, 4) is 0 Å². The molecular weight excluding hydrogens is 232 g/mol. The summed E-state index contributed by atoms with van der Waals surface area (Å²) in [6, 6.07) is 20.7. The quantitative estimate of drug-likeness (QED) is 0.812. The Hall–Kier alpha value is -1.64. The van der Waals surface area contributed by atoms with E-state index in [9.17, 15) is 0 Å². The summed E-state index contributed by atoms with van der Waals surface area (Å²) in [5.41, 5.74) is 4.36. The van der Waals surface area contributed by atoms with Crippen LogP contribution in [0.2, 0.25) is 0 Å². The third kappa shape index (κ3) is 1.71. The van der Waals surface area contributed by atoms with Gasteiger partial charge in [0.1, 0.15) is 0 Å². The number of rotatable bonds is 1. The van der Waals surface area contributed by atoms with Crippen LogP contribution in [0.5, 0.6) is 0 Å². The van der Waals surface area contributed by atoms with E-state index >= 15 is 0 Å². The maximum absolute atomic E-state index is 3.71. The van der Waals surface area contributed by atoms with E-state index in [4.69, 9.17) is 0 Å². The molecule has 3 atom stereocenters. The predicted octanol–water partition coefficient (Wildman–Crippen LogP) is 2.43.